The fourth-order valence-corrected chi connectivity index (χ4v) is 9.32. The number of carbonyl (C=O) groups is 2. The van der Waals surface area contributed by atoms with Gasteiger partial charge in [0.15, 0.2) is 11.4 Å². The summed E-state index contributed by atoms with van der Waals surface area (Å²) in [5, 5.41) is 23.1. The van der Waals surface area contributed by atoms with Crippen LogP contribution in [0.4, 0.5) is 0 Å². The lowest BCUT2D eigenvalue weighted by Gasteiger charge is -2.61. The van der Waals surface area contributed by atoms with Gasteiger partial charge >= 0.3 is 11.9 Å². The van der Waals surface area contributed by atoms with Crippen molar-refractivity contribution in [2.45, 2.75) is 73.9 Å². The number of rotatable bonds is 7. The smallest absolute Gasteiger partial charge is 0.331 e. The Bertz CT molecular complexity index is 1750. The zero-order chi connectivity index (χ0) is 33.0. The standard InChI is InChI=1S/C38H38O9/c1-22(2)36-31(43-28(40)18-12-11-15-25-13-7-5-8-14-25)24(4)37-27-19-23(3)30(41)35(27,42)20-34(21-39)32(44-34)29(37)33(36)45-38(46-36,47-37)26-16-9-6-10-17-26/h5-19,24,27,29,31-33,39,42H,1,20-21H2,2-4H3/b15-11+,18-12+/t24-,27-,29+,31-,32?,33-,34?,35-,36+,37+,38?/m1/s1. The first-order chi connectivity index (χ1) is 22.5. The van der Waals surface area contributed by atoms with Crippen LogP contribution in [0.15, 0.2) is 103 Å². The molecule has 0 aromatic heterocycles. The van der Waals surface area contributed by atoms with Crippen LogP contribution in [-0.4, -0.2) is 69.3 Å². The van der Waals surface area contributed by atoms with Crippen LogP contribution >= 0.6 is 0 Å². The van der Waals surface area contributed by atoms with E-state index in [4.69, 9.17) is 23.7 Å². The van der Waals surface area contributed by atoms with E-state index in [0.29, 0.717) is 16.7 Å². The van der Waals surface area contributed by atoms with Crippen molar-refractivity contribution >= 4 is 17.8 Å². The van der Waals surface area contributed by atoms with Gasteiger partial charge in [0.25, 0.3) is 0 Å². The highest BCUT2D eigenvalue weighted by atomic mass is 16.9. The molecule has 2 saturated carbocycles. The van der Waals surface area contributed by atoms with Gasteiger partial charge in [-0.05, 0) is 30.6 Å². The summed E-state index contributed by atoms with van der Waals surface area (Å²) in [5.74, 6) is -5.01. The topological polar surface area (TPSA) is 124 Å². The normalized spacial score (nSPS) is 44.1. The summed E-state index contributed by atoms with van der Waals surface area (Å²) in [6, 6.07) is 18.9. The highest BCUT2D eigenvalue weighted by molar-refractivity contribution is 6.04. The molecule has 3 unspecified atom stereocenters. The van der Waals surface area contributed by atoms with Gasteiger partial charge in [0.2, 0.25) is 0 Å². The molecule has 9 nitrogen and oxygen atoms in total. The molecular weight excluding hydrogens is 600 g/mol. The SMILES string of the molecule is C=C(C)[C@@]12OC3(c4ccccc4)O[C@@H]1[C@@H]1C4OC4(CO)C[C@]4(O)C(=O)C(C)=C[C@H]4[C@@]1(O3)[C@H](C)[C@H]2OC(=O)/C=C/C=C/c1ccccc1. The number of ether oxygens (including phenoxy) is 5. The number of allylic oxidation sites excluding steroid dienone is 2. The second kappa shape index (κ2) is 10.2. The summed E-state index contributed by atoms with van der Waals surface area (Å²) in [5.41, 5.74) is -3.43. The average Bonchev–Trinajstić information content (AvgIpc) is 3.65. The zero-order valence-corrected chi connectivity index (χ0v) is 26.5. The Morgan fingerprint density at radius 1 is 1.04 bits per heavy atom. The van der Waals surface area contributed by atoms with Crippen LogP contribution < -0.4 is 0 Å². The van der Waals surface area contributed by atoms with Crippen LogP contribution in [-0.2, 0) is 39.2 Å². The lowest BCUT2D eigenvalue weighted by Crippen LogP contribution is -2.76. The molecule has 3 bridgehead atoms. The van der Waals surface area contributed by atoms with Crippen molar-refractivity contribution < 1.29 is 43.5 Å². The van der Waals surface area contributed by atoms with Crippen molar-refractivity contribution in [1.29, 1.82) is 0 Å². The van der Waals surface area contributed by atoms with Crippen LogP contribution in [0.25, 0.3) is 6.08 Å². The molecule has 244 valence electrons. The molecule has 6 aliphatic rings. The quantitative estimate of drug-likeness (QED) is 0.151. The van der Waals surface area contributed by atoms with E-state index >= 15 is 0 Å². The molecule has 5 fully saturated rings. The number of hydrogen-bond donors (Lipinski definition) is 2. The fourth-order valence-electron chi connectivity index (χ4n) is 9.32. The predicted molar refractivity (Wildman–Crippen MR) is 169 cm³/mol. The van der Waals surface area contributed by atoms with E-state index < -0.39 is 82.8 Å². The molecule has 3 saturated heterocycles. The zero-order valence-electron chi connectivity index (χ0n) is 26.5. The number of aliphatic hydroxyl groups is 2. The van der Waals surface area contributed by atoms with Gasteiger partial charge < -0.3 is 33.9 Å². The molecule has 3 heterocycles. The number of benzene rings is 2. The summed E-state index contributed by atoms with van der Waals surface area (Å²) in [6.45, 7) is 9.32. The maximum absolute atomic E-state index is 13.8. The molecule has 3 aliphatic heterocycles. The van der Waals surface area contributed by atoms with Gasteiger partial charge in [0.1, 0.15) is 23.4 Å². The Morgan fingerprint density at radius 2 is 1.74 bits per heavy atom. The minimum Gasteiger partial charge on any atom is -0.455 e. The lowest BCUT2D eigenvalue weighted by molar-refractivity contribution is -0.439. The number of hydrogen-bond acceptors (Lipinski definition) is 9. The van der Waals surface area contributed by atoms with E-state index in [0.717, 1.165) is 5.56 Å². The molecule has 2 aromatic rings. The molecule has 2 N–H and O–H groups in total. The summed E-state index contributed by atoms with van der Waals surface area (Å²) in [7, 11) is 0. The van der Waals surface area contributed by atoms with Crippen molar-refractivity contribution in [3.63, 3.8) is 0 Å². The average molecular weight is 639 g/mol. The van der Waals surface area contributed by atoms with Crippen LogP contribution in [0.5, 0.6) is 0 Å². The first-order valence-electron chi connectivity index (χ1n) is 16.1. The highest BCUT2D eigenvalue weighted by Gasteiger charge is 2.88. The van der Waals surface area contributed by atoms with Gasteiger partial charge in [-0.15, -0.1) is 0 Å². The van der Waals surface area contributed by atoms with Crippen molar-refractivity contribution in [3.8, 4) is 0 Å². The van der Waals surface area contributed by atoms with Gasteiger partial charge in [0.05, 0.1) is 18.3 Å². The van der Waals surface area contributed by atoms with Gasteiger partial charge in [-0.2, -0.15) is 0 Å². The molecule has 8 rings (SSSR count). The van der Waals surface area contributed by atoms with E-state index in [1.54, 1.807) is 25.2 Å². The molecule has 0 amide bonds. The first kappa shape index (κ1) is 30.6. The Morgan fingerprint density at radius 3 is 2.43 bits per heavy atom. The van der Waals surface area contributed by atoms with Gasteiger partial charge in [0, 0.05) is 35.8 Å². The largest absolute Gasteiger partial charge is 0.455 e. The molecule has 9 heteroatoms. The van der Waals surface area contributed by atoms with Crippen molar-refractivity contribution in [2.75, 3.05) is 6.61 Å². The van der Waals surface area contributed by atoms with Crippen molar-refractivity contribution in [1.82, 2.24) is 0 Å². The summed E-state index contributed by atoms with van der Waals surface area (Å²) in [4.78, 5) is 27.4. The second-order valence-electron chi connectivity index (χ2n) is 13.9. The van der Waals surface area contributed by atoms with Crippen LogP contribution in [0.2, 0.25) is 0 Å². The van der Waals surface area contributed by atoms with Gasteiger partial charge in [-0.25, -0.2) is 4.79 Å². The van der Waals surface area contributed by atoms with E-state index in [1.807, 2.05) is 80.6 Å². The first-order valence-corrected chi connectivity index (χ1v) is 16.1. The number of fused-ring (bicyclic) bond motifs is 3. The Balaban J connectivity index is 1.28. The number of carbonyl (C=O) groups excluding carboxylic acids is 2. The maximum Gasteiger partial charge on any atom is 0.331 e. The predicted octanol–water partition coefficient (Wildman–Crippen LogP) is 4.15. The summed E-state index contributed by atoms with van der Waals surface area (Å²) >= 11 is 0. The fraction of sp³-hybridized carbons (Fsp3) is 0.421. The third-order valence-electron chi connectivity index (χ3n) is 11.4. The van der Waals surface area contributed by atoms with E-state index in [1.165, 1.54) is 6.08 Å². The van der Waals surface area contributed by atoms with Gasteiger partial charge in [-0.1, -0.05) is 98.5 Å². The summed E-state index contributed by atoms with van der Waals surface area (Å²) in [6.07, 6.45) is 5.78. The van der Waals surface area contributed by atoms with Crippen molar-refractivity contribution in [2.24, 2.45) is 17.8 Å². The maximum atomic E-state index is 13.8. The Hall–Kier alpha value is -3.70. The van der Waals surface area contributed by atoms with Crippen LogP contribution in [0.1, 0.15) is 38.3 Å². The van der Waals surface area contributed by atoms with Gasteiger partial charge in [-0.3, -0.25) is 4.79 Å². The number of aliphatic hydroxyl groups excluding tert-OH is 1. The Kier molecular flexibility index (Phi) is 6.61. The summed E-state index contributed by atoms with van der Waals surface area (Å²) < 4.78 is 33.7. The molecule has 47 heavy (non-hydrogen) atoms. The molecule has 0 spiro atoms. The molecule has 3 aliphatic carbocycles. The second-order valence-corrected chi connectivity index (χ2v) is 13.9. The molecule has 11 atom stereocenters. The molecular formula is C38H38O9. The van der Waals surface area contributed by atoms with E-state index in [2.05, 4.69) is 6.58 Å². The third kappa shape index (κ3) is 3.92. The minimum absolute atomic E-state index is 0.111. The lowest BCUT2D eigenvalue weighted by atomic mass is 9.53. The number of epoxide rings is 1. The highest BCUT2D eigenvalue weighted by Crippen LogP contribution is 2.74. The monoisotopic (exact) mass is 638 g/mol. The third-order valence-corrected chi connectivity index (χ3v) is 11.4. The molecule has 2 aromatic carbocycles. The number of ketones is 1. The molecule has 0 radical (unpaired) electrons. The van der Waals surface area contributed by atoms with E-state index in [-0.39, 0.29) is 6.42 Å². The Labute approximate surface area is 273 Å². The van der Waals surface area contributed by atoms with Crippen molar-refractivity contribution in [3.05, 3.63) is 114 Å². The number of esters is 1. The van der Waals surface area contributed by atoms with Crippen LogP contribution in [0, 0.1) is 17.8 Å². The minimum atomic E-state index is -1.95. The van der Waals surface area contributed by atoms with Crippen LogP contribution in [0.3, 0.4) is 0 Å². The van der Waals surface area contributed by atoms with E-state index in [9.17, 15) is 19.8 Å². The number of Topliss-reactive ketones (excluding diaryl/α,β-unsaturated/α-hetero) is 1.